The van der Waals surface area contributed by atoms with Crippen LogP contribution in [0.5, 0.6) is 0 Å². The van der Waals surface area contributed by atoms with Crippen molar-refractivity contribution in [1.82, 2.24) is 9.62 Å². The Morgan fingerprint density at radius 2 is 1.63 bits per heavy atom. The molecular weight excluding hydrogens is 284 g/mol. The molecule has 0 aliphatic carbocycles. The second-order valence-corrected chi connectivity index (χ2v) is 9.12. The number of hydrogen-bond acceptors (Lipinski definition) is 3. The Kier molecular flexibility index (Phi) is 5.33. The molecular formula is C13H27ClN2O2S. The summed E-state index contributed by atoms with van der Waals surface area (Å²) in [6.07, 6.45) is 4.34. The molecule has 2 unspecified atom stereocenters. The van der Waals surface area contributed by atoms with Crippen LogP contribution in [0.1, 0.15) is 46.5 Å². The van der Waals surface area contributed by atoms with Crippen LogP contribution < -0.4 is 5.32 Å². The van der Waals surface area contributed by atoms with Crippen molar-refractivity contribution >= 4 is 22.4 Å². The Labute approximate surface area is 123 Å². The van der Waals surface area contributed by atoms with Crippen LogP contribution >= 0.6 is 12.4 Å². The molecule has 1 N–H and O–H groups in total. The normalized spacial score (nSPS) is 31.3. The third kappa shape index (κ3) is 4.31. The topological polar surface area (TPSA) is 49.4 Å². The maximum atomic E-state index is 12.4. The zero-order valence-electron chi connectivity index (χ0n) is 12.3. The first-order valence-corrected chi connectivity index (χ1v) is 8.50. The largest absolute Gasteiger partial charge is 0.311 e. The zero-order valence-corrected chi connectivity index (χ0v) is 14.0. The SMILES string of the molecule is CN(C1CC2CCC(C1)N2)S(=O)(=O)CC(C)(C)C.Cl. The van der Waals surface area contributed by atoms with Crippen LogP contribution in [-0.2, 0) is 10.0 Å². The van der Waals surface area contributed by atoms with Gasteiger partial charge in [-0.15, -0.1) is 12.4 Å². The molecule has 4 nitrogen and oxygen atoms in total. The number of sulfonamides is 1. The lowest BCUT2D eigenvalue weighted by atomic mass is 10.0. The van der Waals surface area contributed by atoms with Crippen molar-refractivity contribution in [2.45, 2.75) is 64.6 Å². The first kappa shape index (κ1) is 17.2. The van der Waals surface area contributed by atoms with Gasteiger partial charge in [-0.1, -0.05) is 20.8 Å². The lowest BCUT2D eigenvalue weighted by molar-refractivity contribution is 0.249. The van der Waals surface area contributed by atoms with Crippen LogP contribution in [0.2, 0.25) is 0 Å². The smallest absolute Gasteiger partial charge is 0.214 e. The molecule has 0 aromatic carbocycles. The van der Waals surface area contributed by atoms with Gasteiger partial charge in [-0.25, -0.2) is 12.7 Å². The molecule has 0 spiro atoms. The Balaban J connectivity index is 0.00000180. The van der Waals surface area contributed by atoms with E-state index in [1.165, 1.54) is 12.8 Å². The maximum Gasteiger partial charge on any atom is 0.214 e. The summed E-state index contributed by atoms with van der Waals surface area (Å²) >= 11 is 0. The minimum Gasteiger partial charge on any atom is -0.311 e. The highest BCUT2D eigenvalue weighted by atomic mass is 35.5. The van der Waals surface area contributed by atoms with Gasteiger partial charge in [0.15, 0.2) is 0 Å². The highest BCUT2D eigenvalue weighted by molar-refractivity contribution is 7.89. The Morgan fingerprint density at radius 1 is 1.16 bits per heavy atom. The number of piperidine rings is 1. The number of halogens is 1. The third-order valence-corrected chi connectivity index (χ3v) is 6.42. The average molecular weight is 311 g/mol. The van der Waals surface area contributed by atoms with Gasteiger partial charge < -0.3 is 5.32 Å². The summed E-state index contributed by atoms with van der Waals surface area (Å²) < 4.78 is 26.4. The molecule has 2 aliphatic rings. The van der Waals surface area contributed by atoms with Gasteiger partial charge >= 0.3 is 0 Å². The number of hydrogen-bond donors (Lipinski definition) is 1. The van der Waals surface area contributed by atoms with Crippen molar-refractivity contribution in [2.75, 3.05) is 12.8 Å². The minimum atomic E-state index is -3.13. The van der Waals surface area contributed by atoms with Crippen LogP contribution in [0.25, 0.3) is 0 Å². The Hall–Kier alpha value is 0.160. The van der Waals surface area contributed by atoms with Crippen molar-refractivity contribution in [2.24, 2.45) is 5.41 Å². The molecule has 2 rings (SSSR count). The molecule has 0 aromatic rings. The van der Waals surface area contributed by atoms with E-state index in [2.05, 4.69) is 5.32 Å². The summed E-state index contributed by atoms with van der Waals surface area (Å²) in [5.74, 6) is 0.232. The predicted octanol–water partition coefficient (Wildman–Crippen LogP) is 2.00. The summed E-state index contributed by atoms with van der Waals surface area (Å²) in [6.45, 7) is 5.93. The van der Waals surface area contributed by atoms with Crippen LogP contribution in [-0.4, -0.2) is 43.6 Å². The second kappa shape index (κ2) is 5.88. The van der Waals surface area contributed by atoms with E-state index in [1.54, 1.807) is 11.4 Å². The van der Waals surface area contributed by atoms with Crippen LogP contribution in [0.15, 0.2) is 0 Å². The molecule has 2 heterocycles. The Bertz CT molecular complexity index is 393. The molecule has 19 heavy (non-hydrogen) atoms. The van der Waals surface area contributed by atoms with Gasteiger partial charge in [0.1, 0.15) is 0 Å². The summed E-state index contributed by atoms with van der Waals surface area (Å²) in [5, 5.41) is 3.55. The zero-order chi connectivity index (χ0) is 13.6. The van der Waals surface area contributed by atoms with E-state index >= 15 is 0 Å². The average Bonchev–Trinajstić information content (AvgIpc) is 2.53. The molecule has 0 aromatic heterocycles. The van der Waals surface area contributed by atoms with E-state index in [4.69, 9.17) is 0 Å². The van der Waals surface area contributed by atoms with Gasteiger partial charge in [-0.05, 0) is 31.1 Å². The van der Waals surface area contributed by atoms with Crippen molar-refractivity contribution in [3.8, 4) is 0 Å². The van der Waals surface area contributed by atoms with Crippen LogP contribution in [0.4, 0.5) is 0 Å². The van der Waals surface area contributed by atoms with E-state index in [0.717, 1.165) is 12.8 Å². The number of nitrogens with one attached hydrogen (secondary N) is 1. The fraction of sp³-hybridized carbons (Fsp3) is 1.00. The van der Waals surface area contributed by atoms with E-state index in [9.17, 15) is 8.42 Å². The summed E-state index contributed by atoms with van der Waals surface area (Å²) in [6, 6.07) is 1.25. The summed E-state index contributed by atoms with van der Waals surface area (Å²) in [4.78, 5) is 0. The van der Waals surface area contributed by atoms with E-state index in [1.807, 2.05) is 20.8 Å². The van der Waals surface area contributed by atoms with E-state index in [-0.39, 0.29) is 29.6 Å². The summed E-state index contributed by atoms with van der Waals surface area (Å²) in [5.41, 5.74) is -0.182. The molecule has 2 bridgehead atoms. The van der Waals surface area contributed by atoms with Crippen molar-refractivity contribution in [3.05, 3.63) is 0 Å². The van der Waals surface area contributed by atoms with Crippen molar-refractivity contribution in [1.29, 1.82) is 0 Å². The lowest BCUT2D eigenvalue weighted by Crippen LogP contribution is -2.49. The molecule has 0 radical (unpaired) electrons. The highest BCUT2D eigenvalue weighted by Gasteiger charge is 2.39. The van der Waals surface area contributed by atoms with Gasteiger partial charge in [0.2, 0.25) is 10.0 Å². The van der Waals surface area contributed by atoms with Crippen molar-refractivity contribution in [3.63, 3.8) is 0 Å². The lowest BCUT2D eigenvalue weighted by Gasteiger charge is -2.36. The highest BCUT2D eigenvalue weighted by Crippen LogP contribution is 2.31. The van der Waals surface area contributed by atoms with Gasteiger partial charge in [0.05, 0.1) is 5.75 Å². The van der Waals surface area contributed by atoms with Crippen LogP contribution in [0.3, 0.4) is 0 Å². The number of rotatable bonds is 3. The predicted molar refractivity (Wildman–Crippen MR) is 81.2 cm³/mol. The molecule has 2 fully saturated rings. The molecule has 6 heteroatoms. The van der Waals surface area contributed by atoms with Crippen LogP contribution in [0, 0.1) is 5.41 Å². The fourth-order valence-electron chi connectivity index (χ4n) is 3.20. The van der Waals surface area contributed by atoms with E-state index in [0.29, 0.717) is 12.1 Å². The second-order valence-electron chi connectivity index (χ2n) is 7.10. The van der Waals surface area contributed by atoms with Gasteiger partial charge in [-0.2, -0.15) is 0 Å². The Morgan fingerprint density at radius 3 is 2.05 bits per heavy atom. The summed E-state index contributed by atoms with van der Waals surface area (Å²) in [7, 11) is -1.37. The number of fused-ring (bicyclic) bond motifs is 2. The monoisotopic (exact) mass is 310 g/mol. The molecule has 114 valence electrons. The molecule has 0 amide bonds. The van der Waals surface area contributed by atoms with Crippen molar-refractivity contribution < 1.29 is 8.42 Å². The molecule has 2 aliphatic heterocycles. The quantitative estimate of drug-likeness (QED) is 0.867. The fourth-order valence-corrected chi connectivity index (χ4v) is 5.12. The first-order valence-electron chi connectivity index (χ1n) is 6.89. The minimum absolute atomic E-state index is 0. The first-order chi connectivity index (χ1) is 8.17. The third-order valence-electron chi connectivity index (χ3n) is 4.02. The van der Waals surface area contributed by atoms with Gasteiger partial charge in [-0.3, -0.25) is 0 Å². The van der Waals surface area contributed by atoms with Gasteiger partial charge in [0.25, 0.3) is 0 Å². The number of nitrogens with zero attached hydrogens (tertiary/aromatic N) is 1. The van der Waals surface area contributed by atoms with Gasteiger partial charge in [0, 0.05) is 25.2 Å². The standard InChI is InChI=1S/C13H26N2O2S.ClH/c1-13(2,3)9-18(16,17)15(4)12-7-10-5-6-11(8-12)14-10;/h10-12,14H,5-9H2,1-4H3;1H. The molecule has 0 saturated carbocycles. The van der Waals surface area contributed by atoms with E-state index < -0.39 is 10.0 Å². The maximum absolute atomic E-state index is 12.4. The molecule has 2 atom stereocenters. The molecule has 2 saturated heterocycles.